The molecule has 3 rings (SSSR count). The van der Waals surface area contributed by atoms with E-state index in [4.69, 9.17) is 22.2 Å². The number of ether oxygens (including phenoxy) is 1. The minimum Gasteiger partial charge on any atom is -0.376 e. The van der Waals surface area contributed by atoms with Gasteiger partial charge in [-0.15, -0.1) is 10.2 Å². The van der Waals surface area contributed by atoms with E-state index in [9.17, 15) is 4.79 Å². The fraction of sp³-hybridized carbons (Fsp3) is 0.400. The molecule has 2 aromatic rings. The lowest BCUT2D eigenvalue weighted by molar-refractivity contribution is -0.119. The minimum atomic E-state index is -0.0807. The number of thioether (sulfide) groups is 1. The van der Waals surface area contributed by atoms with Crippen LogP contribution in [-0.4, -0.2) is 45.8 Å². The van der Waals surface area contributed by atoms with Gasteiger partial charge in [0.25, 0.3) is 0 Å². The van der Waals surface area contributed by atoms with Gasteiger partial charge in [0.1, 0.15) is 0 Å². The Kier molecular flexibility index (Phi) is 5.60. The van der Waals surface area contributed by atoms with Crippen molar-refractivity contribution in [3.05, 3.63) is 29.3 Å². The van der Waals surface area contributed by atoms with Crippen molar-refractivity contribution >= 4 is 29.3 Å². The first kappa shape index (κ1) is 17.1. The largest absolute Gasteiger partial charge is 0.376 e. The van der Waals surface area contributed by atoms with Gasteiger partial charge >= 0.3 is 0 Å². The van der Waals surface area contributed by atoms with E-state index in [0.717, 1.165) is 25.0 Å². The normalized spacial score (nSPS) is 17.1. The third-order valence-electron chi connectivity index (χ3n) is 3.63. The number of aromatic nitrogens is 3. The summed E-state index contributed by atoms with van der Waals surface area (Å²) in [5.41, 5.74) is 0.771. The number of carbonyl (C=O) groups excluding carboxylic acids is 1. The van der Waals surface area contributed by atoms with Crippen LogP contribution in [0.2, 0.25) is 5.02 Å². The smallest absolute Gasteiger partial charge is 0.230 e. The van der Waals surface area contributed by atoms with Gasteiger partial charge in [-0.3, -0.25) is 4.79 Å². The molecule has 7 nitrogen and oxygen atoms in total. The fourth-order valence-electron chi connectivity index (χ4n) is 2.41. The third-order valence-corrected chi connectivity index (χ3v) is 4.81. The number of halogens is 1. The molecule has 24 heavy (non-hydrogen) atoms. The molecule has 9 heteroatoms. The first-order valence-corrected chi connectivity index (χ1v) is 8.97. The predicted molar refractivity (Wildman–Crippen MR) is 93.3 cm³/mol. The number of nitrogen functional groups attached to an aromatic ring is 1. The average Bonchev–Trinajstić information content (AvgIpc) is 3.21. The zero-order valence-corrected chi connectivity index (χ0v) is 14.5. The molecule has 0 saturated carbocycles. The highest BCUT2D eigenvalue weighted by Gasteiger charge is 2.17. The van der Waals surface area contributed by atoms with E-state index in [-0.39, 0.29) is 17.8 Å². The zero-order chi connectivity index (χ0) is 16.9. The van der Waals surface area contributed by atoms with E-state index >= 15 is 0 Å². The number of hydrogen-bond acceptors (Lipinski definition) is 6. The van der Waals surface area contributed by atoms with Crippen LogP contribution < -0.4 is 11.2 Å². The average molecular weight is 368 g/mol. The highest BCUT2D eigenvalue weighted by molar-refractivity contribution is 7.99. The topological polar surface area (TPSA) is 95.1 Å². The molecule has 3 N–H and O–H groups in total. The van der Waals surface area contributed by atoms with Gasteiger partial charge in [-0.25, -0.2) is 4.68 Å². The van der Waals surface area contributed by atoms with Gasteiger partial charge in [0.15, 0.2) is 5.82 Å². The summed E-state index contributed by atoms with van der Waals surface area (Å²) in [5, 5.41) is 12.0. The van der Waals surface area contributed by atoms with Crippen LogP contribution >= 0.6 is 23.4 Å². The van der Waals surface area contributed by atoms with Crippen molar-refractivity contribution in [2.75, 3.05) is 24.7 Å². The van der Waals surface area contributed by atoms with E-state index < -0.39 is 0 Å². The Bertz CT molecular complexity index is 718. The quantitative estimate of drug-likeness (QED) is 0.596. The lowest BCUT2D eigenvalue weighted by Gasteiger charge is -2.10. The maximum Gasteiger partial charge on any atom is 0.230 e. The van der Waals surface area contributed by atoms with Crippen LogP contribution in [0.4, 0.5) is 0 Å². The summed E-state index contributed by atoms with van der Waals surface area (Å²) in [6.07, 6.45) is 2.18. The van der Waals surface area contributed by atoms with Crippen molar-refractivity contribution < 1.29 is 9.53 Å². The van der Waals surface area contributed by atoms with Crippen LogP contribution in [0.1, 0.15) is 12.8 Å². The van der Waals surface area contributed by atoms with Crippen LogP contribution in [0, 0.1) is 0 Å². The number of nitrogens with one attached hydrogen (secondary N) is 1. The number of nitrogens with zero attached hydrogens (tertiary/aromatic N) is 3. The third kappa shape index (κ3) is 4.19. The molecule has 2 heterocycles. The molecule has 1 aliphatic rings. The van der Waals surface area contributed by atoms with Crippen LogP contribution in [0.5, 0.6) is 0 Å². The van der Waals surface area contributed by atoms with E-state index in [1.54, 1.807) is 12.1 Å². The summed E-state index contributed by atoms with van der Waals surface area (Å²) in [5.74, 6) is 6.66. The lowest BCUT2D eigenvalue weighted by atomic mass is 10.2. The highest BCUT2D eigenvalue weighted by atomic mass is 35.5. The van der Waals surface area contributed by atoms with Gasteiger partial charge in [-0.1, -0.05) is 35.5 Å². The van der Waals surface area contributed by atoms with Crippen molar-refractivity contribution in [2.24, 2.45) is 0 Å². The molecule has 1 fully saturated rings. The number of amides is 1. The van der Waals surface area contributed by atoms with Crippen LogP contribution in [-0.2, 0) is 9.53 Å². The van der Waals surface area contributed by atoms with Crippen molar-refractivity contribution in [3.8, 4) is 11.4 Å². The molecule has 0 spiro atoms. The zero-order valence-electron chi connectivity index (χ0n) is 12.9. The Morgan fingerprint density at radius 3 is 3.12 bits per heavy atom. The molecule has 0 unspecified atom stereocenters. The second-order valence-electron chi connectivity index (χ2n) is 5.41. The maximum absolute atomic E-state index is 11.9. The van der Waals surface area contributed by atoms with E-state index in [2.05, 4.69) is 15.5 Å². The number of rotatable bonds is 6. The second kappa shape index (κ2) is 7.87. The Labute approximate surface area is 148 Å². The van der Waals surface area contributed by atoms with Crippen LogP contribution in [0.3, 0.4) is 0 Å². The molecular formula is C15H18ClN5O2S. The van der Waals surface area contributed by atoms with Gasteiger partial charge in [0.05, 0.1) is 11.9 Å². The maximum atomic E-state index is 11.9. The molecule has 0 bridgehead atoms. The van der Waals surface area contributed by atoms with Crippen molar-refractivity contribution in [1.29, 1.82) is 0 Å². The van der Waals surface area contributed by atoms with Gasteiger partial charge in [-0.2, -0.15) is 0 Å². The van der Waals surface area contributed by atoms with Gasteiger partial charge < -0.3 is 15.9 Å². The molecule has 1 aliphatic heterocycles. The van der Waals surface area contributed by atoms with Gasteiger partial charge in [0.2, 0.25) is 11.1 Å². The molecule has 128 valence electrons. The summed E-state index contributed by atoms with van der Waals surface area (Å²) in [4.78, 5) is 11.9. The molecule has 1 aromatic heterocycles. The summed E-state index contributed by atoms with van der Waals surface area (Å²) >= 11 is 7.21. The SMILES string of the molecule is Nn1c(SCC(=O)NC[C@H]2CCCO2)nnc1-c1cccc(Cl)c1. The van der Waals surface area contributed by atoms with Gasteiger partial charge in [-0.05, 0) is 25.0 Å². The van der Waals surface area contributed by atoms with E-state index in [0.29, 0.717) is 22.5 Å². The number of nitrogens with two attached hydrogens (primary N) is 1. The molecule has 0 radical (unpaired) electrons. The summed E-state index contributed by atoms with van der Waals surface area (Å²) in [7, 11) is 0. The molecule has 1 atom stereocenters. The Morgan fingerprint density at radius 1 is 1.50 bits per heavy atom. The van der Waals surface area contributed by atoms with E-state index in [1.807, 2.05) is 12.1 Å². The molecule has 1 saturated heterocycles. The van der Waals surface area contributed by atoms with Crippen molar-refractivity contribution in [3.63, 3.8) is 0 Å². The van der Waals surface area contributed by atoms with Crippen LogP contribution in [0.15, 0.2) is 29.4 Å². The Hall–Kier alpha value is -1.77. The minimum absolute atomic E-state index is 0.0807. The summed E-state index contributed by atoms with van der Waals surface area (Å²) in [6.45, 7) is 1.32. The second-order valence-corrected chi connectivity index (χ2v) is 6.79. The Morgan fingerprint density at radius 2 is 2.38 bits per heavy atom. The predicted octanol–water partition coefficient (Wildman–Crippen LogP) is 1.70. The Balaban J connectivity index is 1.55. The lowest BCUT2D eigenvalue weighted by Crippen LogP contribution is -2.33. The van der Waals surface area contributed by atoms with Crippen LogP contribution in [0.25, 0.3) is 11.4 Å². The molecule has 1 aromatic carbocycles. The summed E-state index contributed by atoms with van der Waals surface area (Å²) < 4.78 is 6.83. The standard InChI is InChI=1S/C15H18ClN5O2S/c16-11-4-1-3-10(7-11)14-19-20-15(21(14)17)24-9-13(22)18-8-12-5-2-6-23-12/h1,3-4,7,12H,2,5-6,8-9,17H2,(H,18,22)/t12-/m1/s1. The van der Waals surface area contributed by atoms with Gasteiger partial charge in [0, 0.05) is 23.7 Å². The number of carbonyl (C=O) groups is 1. The number of hydrogen-bond donors (Lipinski definition) is 2. The molecular weight excluding hydrogens is 350 g/mol. The summed E-state index contributed by atoms with van der Waals surface area (Å²) in [6, 6.07) is 7.20. The monoisotopic (exact) mass is 367 g/mol. The first-order chi connectivity index (χ1) is 11.6. The van der Waals surface area contributed by atoms with Crippen molar-refractivity contribution in [2.45, 2.75) is 24.1 Å². The first-order valence-electron chi connectivity index (χ1n) is 7.61. The molecule has 0 aliphatic carbocycles. The molecule has 1 amide bonds. The fourth-order valence-corrected chi connectivity index (χ4v) is 3.29. The van der Waals surface area contributed by atoms with E-state index in [1.165, 1.54) is 16.4 Å². The van der Waals surface area contributed by atoms with Crippen molar-refractivity contribution in [1.82, 2.24) is 20.2 Å². The number of benzene rings is 1. The highest BCUT2D eigenvalue weighted by Crippen LogP contribution is 2.23.